The van der Waals surface area contributed by atoms with Gasteiger partial charge in [-0.1, -0.05) is 23.4 Å². The van der Waals surface area contributed by atoms with E-state index < -0.39 is 11.7 Å². The molecule has 7 nitrogen and oxygen atoms in total. The van der Waals surface area contributed by atoms with Crippen LogP contribution in [0.1, 0.15) is 34.9 Å². The van der Waals surface area contributed by atoms with E-state index in [1.54, 1.807) is 29.3 Å². The monoisotopic (exact) mass is 431 g/mol. The maximum Gasteiger partial charge on any atom is 0.416 e. The Kier molecular flexibility index (Phi) is 5.73. The molecule has 1 fully saturated rings. The van der Waals surface area contributed by atoms with E-state index >= 15 is 0 Å². The minimum atomic E-state index is -4.44. The highest BCUT2D eigenvalue weighted by Crippen LogP contribution is 2.32. The van der Waals surface area contributed by atoms with E-state index in [1.165, 1.54) is 12.1 Å². The summed E-state index contributed by atoms with van der Waals surface area (Å²) in [5, 5.41) is 3.86. The summed E-state index contributed by atoms with van der Waals surface area (Å²) >= 11 is 0. The molecule has 0 spiro atoms. The maximum atomic E-state index is 13.0. The number of carbonyl (C=O) groups is 1. The molecule has 1 atom stereocenters. The summed E-state index contributed by atoms with van der Waals surface area (Å²) in [5.74, 6) is 0.311. The van der Waals surface area contributed by atoms with Crippen LogP contribution in [0.2, 0.25) is 0 Å². The predicted molar refractivity (Wildman–Crippen MR) is 105 cm³/mol. The summed E-state index contributed by atoms with van der Waals surface area (Å²) in [6.07, 6.45) is -2.86. The first-order valence-electron chi connectivity index (χ1n) is 9.78. The summed E-state index contributed by atoms with van der Waals surface area (Å²) in [5.41, 5.74) is -0.118. The highest BCUT2D eigenvalue weighted by molar-refractivity contribution is 5.92. The molecule has 1 aliphatic heterocycles. The molecule has 31 heavy (non-hydrogen) atoms. The van der Waals surface area contributed by atoms with Crippen molar-refractivity contribution in [3.63, 3.8) is 0 Å². The zero-order valence-corrected chi connectivity index (χ0v) is 16.7. The average molecular weight is 431 g/mol. The lowest BCUT2D eigenvalue weighted by Gasteiger charge is -2.36. The molecular formula is C21H20F3N5O2. The molecule has 0 aliphatic carbocycles. The quantitative estimate of drug-likeness (QED) is 0.628. The molecule has 2 aromatic heterocycles. The molecule has 0 bridgehead atoms. The number of nitrogens with zero attached hydrogens (tertiary/aromatic N) is 5. The second kappa shape index (κ2) is 8.46. The van der Waals surface area contributed by atoms with Crippen molar-refractivity contribution in [3.05, 3.63) is 65.8 Å². The fraction of sp³-hybridized carbons (Fsp3) is 0.333. The van der Waals surface area contributed by atoms with Crippen LogP contribution in [0, 0.1) is 0 Å². The lowest BCUT2D eigenvalue weighted by Crippen LogP contribution is -2.49. The maximum absolute atomic E-state index is 13.0. The Morgan fingerprint density at radius 3 is 2.55 bits per heavy atom. The number of amides is 1. The highest BCUT2D eigenvalue weighted by Gasteiger charge is 2.31. The van der Waals surface area contributed by atoms with Crippen LogP contribution in [0.5, 0.6) is 0 Å². The van der Waals surface area contributed by atoms with Crippen LogP contribution < -0.4 is 0 Å². The Bertz CT molecular complexity index is 1050. The van der Waals surface area contributed by atoms with Crippen LogP contribution in [0.3, 0.4) is 0 Å². The minimum Gasteiger partial charge on any atom is -0.337 e. The average Bonchev–Trinajstić information content (AvgIpc) is 3.29. The fourth-order valence-corrected chi connectivity index (χ4v) is 3.48. The molecule has 0 N–H and O–H groups in total. The molecule has 1 unspecified atom stereocenters. The lowest BCUT2D eigenvalue weighted by atomic mass is 10.1. The van der Waals surface area contributed by atoms with Gasteiger partial charge in [0, 0.05) is 37.9 Å². The number of hydrogen-bond acceptors (Lipinski definition) is 6. The first-order valence-corrected chi connectivity index (χ1v) is 9.78. The van der Waals surface area contributed by atoms with Crippen molar-refractivity contribution in [1.29, 1.82) is 0 Å². The van der Waals surface area contributed by atoms with Crippen LogP contribution in [-0.4, -0.2) is 57.0 Å². The second-order valence-electron chi connectivity index (χ2n) is 7.25. The lowest BCUT2D eigenvalue weighted by molar-refractivity contribution is -0.137. The molecule has 4 rings (SSSR count). The van der Waals surface area contributed by atoms with Crippen LogP contribution in [0.25, 0.3) is 11.4 Å². The van der Waals surface area contributed by atoms with Crippen molar-refractivity contribution in [2.24, 2.45) is 0 Å². The number of carbonyl (C=O) groups excluding carboxylic acids is 1. The molecule has 1 aliphatic rings. The van der Waals surface area contributed by atoms with Gasteiger partial charge in [-0.2, -0.15) is 18.2 Å². The van der Waals surface area contributed by atoms with Crippen LogP contribution >= 0.6 is 0 Å². The molecule has 1 aromatic carbocycles. The van der Waals surface area contributed by atoms with Gasteiger partial charge in [-0.25, -0.2) is 0 Å². The van der Waals surface area contributed by atoms with E-state index in [4.69, 9.17) is 4.52 Å². The molecular weight excluding hydrogens is 411 g/mol. The van der Waals surface area contributed by atoms with Gasteiger partial charge in [-0.3, -0.25) is 14.7 Å². The zero-order valence-electron chi connectivity index (χ0n) is 16.7. The third-order valence-corrected chi connectivity index (χ3v) is 5.28. The van der Waals surface area contributed by atoms with E-state index in [0.717, 1.165) is 12.1 Å². The summed E-state index contributed by atoms with van der Waals surface area (Å²) < 4.78 is 44.2. The second-order valence-corrected chi connectivity index (χ2v) is 7.25. The number of benzene rings is 1. The molecule has 3 heterocycles. The van der Waals surface area contributed by atoms with Gasteiger partial charge in [0.1, 0.15) is 5.69 Å². The first-order chi connectivity index (χ1) is 14.8. The highest BCUT2D eigenvalue weighted by atomic mass is 19.4. The Morgan fingerprint density at radius 1 is 1.10 bits per heavy atom. The molecule has 0 radical (unpaired) electrons. The largest absolute Gasteiger partial charge is 0.416 e. The van der Waals surface area contributed by atoms with Crippen molar-refractivity contribution in [2.45, 2.75) is 19.1 Å². The van der Waals surface area contributed by atoms with Crippen molar-refractivity contribution < 1.29 is 22.5 Å². The Balaban J connectivity index is 1.41. The number of alkyl halides is 3. The summed E-state index contributed by atoms with van der Waals surface area (Å²) in [4.78, 5) is 24.8. The fourth-order valence-electron chi connectivity index (χ4n) is 3.48. The summed E-state index contributed by atoms with van der Waals surface area (Å²) in [6.45, 7) is 4.13. The van der Waals surface area contributed by atoms with Gasteiger partial charge in [0.05, 0.1) is 11.6 Å². The van der Waals surface area contributed by atoms with E-state index in [2.05, 4.69) is 20.0 Å². The van der Waals surface area contributed by atoms with Gasteiger partial charge in [0.2, 0.25) is 11.7 Å². The number of hydrogen-bond donors (Lipinski definition) is 0. The van der Waals surface area contributed by atoms with Crippen LogP contribution in [-0.2, 0) is 6.18 Å². The van der Waals surface area contributed by atoms with Gasteiger partial charge in [-0.05, 0) is 31.2 Å². The standard InChI is InChI=1S/C21H20F3N5O2/c1-14(28-9-11-29(12-10-28)20(30)17-7-2-3-8-25-17)19-26-18(27-31-19)15-5-4-6-16(13-15)21(22,23)24/h2-8,13-14H,9-12H2,1H3. The van der Waals surface area contributed by atoms with E-state index in [0.29, 0.717) is 37.8 Å². The Labute approximate surface area is 176 Å². The van der Waals surface area contributed by atoms with Gasteiger partial charge in [0.25, 0.3) is 5.91 Å². The van der Waals surface area contributed by atoms with Gasteiger partial charge < -0.3 is 9.42 Å². The number of aromatic nitrogens is 3. The zero-order chi connectivity index (χ0) is 22.0. The van der Waals surface area contributed by atoms with E-state index in [9.17, 15) is 18.0 Å². The topological polar surface area (TPSA) is 75.4 Å². The molecule has 1 amide bonds. The number of halogens is 3. The normalized spacial score (nSPS) is 16.3. The molecule has 3 aromatic rings. The summed E-state index contributed by atoms with van der Waals surface area (Å²) in [6, 6.07) is 9.81. The SMILES string of the molecule is CC(c1nc(-c2cccc(C(F)(F)F)c2)no1)N1CCN(C(=O)c2ccccn2)CC1. The molecule has 10 heteroatoms. The van der Waals surface area contributed by atoms with Crippen molar-refractivity contribution >= 4 is 5.91 Å². The van der Waals surface area contributed by atoms with Crippen LogP contribution in [0.4, 0.5) is 13.2 Å². The van der Waals surface area contributed by atoms with Crippen molar-refractivity contribution in [1.82, 2.24) is 24.9 Å². The first kappa shape index (κ1) is 21.0. The number of pyridine rings is 1. The molecule has 1 saturated heterocycles. The number of rotatable bonds is 4. The van der Waals surface area contributed by atoms with Gasteiger partial charge in [0.15, 0.2) is 0 Å². The third-order valence-electron chi connectivity index (χ3n) is 5.28. The Morgan fingerprint density at radius 2 is 1.87 bits per heavy atom. The van der Waals surface area contributed by atoms with E-state index in [1.807, 2.05) is 6.92 Å². The summed E-state index contributed by atoms with van der Waals surface area (Å²) in [7, 11) is 0. The molecule has 0 saturated carbocycles. The third kappa shape index (κ3) is 4.58. The van der Waals surface area contributed by atoms with Gasteiger partial charge >= 0.3 is 6.18 Å². The van der Waals surface area contributed by atoms with Crippen LogP contribution in [0.15, 0.2) is 53.2 Å². The van der Waals surface area contributed by atoms with Gasteiger partial charge in [-0.15, -0.1) is 0 Å². The minimum absolute atomic E-state index is 0.108. The molecule has 162 valence electrons. The Hall–Kier alpha value is -3.27. The van der Waals surface area contributed by atoms with E-state index in [-0.39, 0.29) is 23.3 Å². The predicted octanol–water partition coefficient (Wildman–Crippen LogP) is 3.67. The van der Waals surface area contributed by atoms with Crippen molar-refractivity contribution in [2.75, 3.05) is 26.2 Å². The van der Waals surface area contributed by atoms with Crippen molar-refractivity contribution in [3.8, 4) is 11.4 Å². The smallest absolute Gasteiger partial charge is 0.337 e. The number of piperazine rings is 1.